The number of amides is 1. The van der Waals surface area contributed by atoms with Crippen LogP contribution in [-0.2, 0) is 16.0 Å². The number of aromatic amines is 1. The lowest BCUT2D eigenvalue weighted by Gasteiger charge is -2.18. The monoisotopic (exact) mass is 367 g/mol. The van der Waals surface area contributed by atoms with Crippen LogP contribution in [0.2, 0.25) is 0 Å². The number of nitrogens with one attached hydrogen (secondary N) is 2. The second kappa shape index (κ2) is 7.69. The van der Waals surface area contributed by atoms with E-state index in [4.69, 9.17) is 5.11 Å². The quantitative estimate of drug-likeness (QED) is 0.591. The third-order valence-electron chi connectivity index (χ3n) is 4.14. The molecule has 3 N–H and O–H groups in total. The van der Waals surface area contributed by atoms with Crippen molar-refractivity contribution >= 4 is 22.8 Å². The van der Waals surface area contributed by atoms with Crippen LogP contribution in [0.4, 0.5) is 0 Å². The van der Waals surface area contributed by atoms with E-state index in [0.717, 1.165) is 10.1 Å². The van der Waals surface area contributed by atoms with E-state index < -0.39 is 35.7 Å². The molecule has 0 saturated heterocycles. The standard InChI is InChI=1S/C19H17N3O5/c23-16(24)11-20-17(25)15(10-12-6-2-1-3-7-12)22-18(26)13-8-4-5-9-14(13)21-19(22)27/h1-9,15H,10-11H2,(H,20,25)(H,21,27)(H,23,24). The van der Waals surface area contributed by atoms with Crippen molar-refractivity contribution in [3.63, 3.8) is 0 Å². The molecule has 1 aromatic heterocycles. The van der Waals surface area contributed by atoms with Gasteiger partial charge in [0.1, 0.15) is 12.6 Å². The fourth-order valence-electron chi connectivity index (χ4n) is 2.88. The van der Waals surface area contributed by atoms with Gasteiger partial charge in [0.15, 0.2) is 0 Å². The van der Waals surface area contributed by atoms with Gasteiger partial charge in [-0.25, -0.2) is 9.36 Å². The summed E-state index contributed by atoms with van der Waals surface area (Å²) >= 11 is 0. The van der Waals surface area contributed by atoms with Crippen LogP contribution in [0.15, 0.2) is 64.2 Å². The third kappa shape index (κ3) is 3.95. The molecule has 0 aliphatic carbocycles. The van der Waals surface area contributed by atoms with Crippen LogP contribution in [0.1, 0.15) is 11.6 Å². The van der Waals surface area contributed by atoms with Gasteiger partial charge in [-0.15, -0.1) is 0 Å². The molecule has 3 aromatic rings. The molecular formula is C19H17N3O5. The van der Waals surface area contributed by atoms with E-state index in [1.807, 2.05) is 0 Å². The van der Waals surface area contributed by atoms with Crippen LogP contribution >= 0.6 is 0 Å². The predicted molar refractivity (Wildman–Crippen MR) is 98.7 cm³/mol. The number of carbonyl (C=O) groups is 2. The molecule has 1 unspecified atom stereocenters. The number of H-pyrrole nitrogens is 1. The Balaban J connectivity index is 2.11. The molecule has 0 fully saturated rings. The number of hydrogen-bond acceptors (Lipinski definition) is 4. The number of aromatic nitrogens is 2. The number of fused-ring (bicyclic) bond motifs is 1. The number of aliphatic carboxylic acids is 1. The lowest BCUT2D eigenvalue weighted by atomic mass is 10.0. The molecule has 27 heavy (non-hydrogen) atoms. The summed E-state index contributed by atoms with van der Waals surface area (Å²) in [5.41, 5.74) is -0.244. The number of rotatable bonds is 6. The highest BCUT2D eigenvalue weighted by Gasteiger charge is 2.25. The summed E-state index contributed by atoms with van der Waals surface area (Å²) in [6, 6.07) is 14.2. The van der Waals surface area contributed by atoms with Crippen LogP contribution in [0.3, 0.4) is 0 Å². The minimum Gasteiger partial charge on any atom is -0.480 e. The van der Waals surface area contributed by atoms with Crippen molar-refractivity contribution in [1.29, 1.82) is 0 Å². The molecule has 1 atom stereocenters. The van der Waals surface area contributed by atoms with Gasteiger partial charge >= 0.3 is 11.7 Å². The zero-order valence-corrected chi connectivity index (χ0v) is 14.2. The smallest absolute Gasteiger partial charge is 0.329 e. The molecule has 0 spiro atoms. The maximum absolute atomic E-state index is 12.9. The fraction of sp³-hybridized carbons (Fsp3) is 0.158. The Bertz CT molecular complexity index is 1100. The van der Waals surface area contributed by atoms with Gasteiger partial charge in [-0.1, -0.05) is 42.5 Å². The summed E-state index contributed by atoms with van der Waals surface area (Å²) in [4.78, 5) is 51.4. The molecule has 3 rings (SSSR count). The highest BCUT2D eigenvalue weighted by molar-refractivity contribution is 5.85. The van der Waals surface area contributed by atoms with E-state index in [9.17, 15) is 19.2 Å². The highest BCUT2D eigenvalue weighted by Crippen LogP contribution is 2.13. The number of hydrogen-bond donors (Lipinski definition) is 3. The lowest BCUT2D eigenvalue weighted by molar-refractivity contribution is -0.138. The van der Waals surface area contributed by atoms with Gasteiger partial charge in [0, 0.05) is 6.42 Å². The van der Waals surface area contributed by atoms with Crippen LogP contribution in [-0.4, -0.2) is 33.1 Å². The van der Waals surface area contributed by atoms with Crippen LogP contribution in [0, 0.1) is 0 Å². The summed E-state index contributed by atoms with van der Waals surface area (Å²) in [7, 11) is 0. The van der Waals surface area contributed by atoms with Gasteiger partial charge in [0.05, 0.1) is 10.9 Å². The molecule has 0 aliphatic heterocycles. The van der Waals surface area contributed by atoms with E-state index in [1.54, 1.807) is 54.6 Å². The van der Waals surface area contributed by atoms with E-state index in [1.165, 1.54) is 0 Å². The summed E-state index contributed by atoms with van der Waals surface area (Å²) in [6.45, 7) is -0.607. The van der Waals surface area contributed by atoms with Gasteiger partial charge < -0.3 is 15.4 Å². The van der Waals surface area contributed by atoms with Crippen molar-refractivity contribution in [2.24, 2.45) is 0 Å². The minimum absolute atomic E-state index is 0.0631. The molecule has 138 valence electrons. The number of nitrogens with zero attached hydrogens (tertiary/aromatic N) is 1. The first-order valence-corrected chi connectivity index (χ1v) is 8.24. The second-order valence-corrected chi connectivity index (χ2v) is 5.97. The lowest BCUT2D eigenvalue weighted by Crippen LogP contribution is -2.46. The van der Waals surface area contributed by atoms with Crippen molar-refractivity contribution < 1.29 is 14.7 Å². The van der Waals surface area contributed by atoms with Crippen molar-refractivity contribution in [1.82, 2.24) is 14.9 Å². The highest BCUT2D eigenvalue weighted by atomic mass is 16.4. The molecule has 2 aromatic carbocycles. The van der Waals surface area contributed by atoms with Crippen molar-refractivity contribution in [2.45, 2.75) is 12.5 Å². The number of para-hydroxylation sites is 1. The first-order valence-electron chi connectivity index (χ1n) is 8.24. The van der Waals surface area contributed by atoms with E-state index >= 15 is 0 Å². The topological polar surface area (TPSA) is 121 Å². The molecule has 1 heterocycles. The van der Waals surface area contributed by atoms with E-state index in [2.05, 4.69) is 10.3 Å². The molecule has 0 aliphatic rings. The minimum atomic E-state index is -1.22. The fourth-order valence-corrected chi connectivity index (χ4v) is 2.88. The van der Waals surface area contributed by atoms with E-state index in [0.29, 0.717) is 5.52 Å². The molecule has 1 amide bonds. The van der Waals surface area contributed by atoms with Gasteiger partial charge in [-0.3, -0.25) is 14.4 Å². The number of carboxylic acids is 1. The SMILES string of the molecule is O=C(O)CNC(=O)C(Cc1ccccc1)n1c(=O)[nH]c2ccccc2c1=O. The zero-order chi connectivity index (χ0) is 19.4. The molecule has 8 nitrogen and oxygen atoms in total. The van der Waals surface area contributed by atoms with Crippen molar-refractivity contribution in [3.05, 3.63) is 81.0 Å². The molecule has 0 bridgehead atoms. The Morgan fingerprint density at radius 1 is 1.04 bits per heavy atom. The average molecular weight is 367 g/mol. The third-order valence-corrected chi connectivity index (χ3v) is 4.14. The Morgan fingerprint density at radius 3 is 2.41 bits per heavy atom. The predicted octanol–water partition coefficient (Wildman–Crippen LogP) is 0.674. The Morgan fingerprint density at radius 2 is 1.70 bits per heavy atom. The van der Waals surface area contributed by atoms with E-state index in [-0.39, 0.29) is 11.8 Å². The van der Waals surface area contributed by atoms with Gasteiger partial charge in [-0.2, -0.15) is 0 Å². The maximum atomic E-state index is 12.9. The number of carboxylic acid groups (broad SMARTS) is 1. The van der Waals surface area contributed by atoms with Crippen molar-refractivity contribution in [2.75, 3.05) is 6.54 Å². The molecule has 0 radical (unpaired) electrons. The number of carbonyl (C=O) groups excluding carboxylic acids is 1. The zero-order valence-electron chi connectivity index (χ0n) is 14.2. The normalized spacial score (nSPS) is 11.9. The summed E-state index contributed by atoms with van der Waals surface area (Å²) < 4.78 is 0.840. The van der Waals surface area contributed by atoms with Crippen LogP contribution in [0.5, 0.6) is 0 Å². The van der Waals surface area contributed by atoms with Gasteiger partial charge in [-0.05, 0) is 17.7 Å². The van der Waals surface area contributed by atoms with Gasteiger partial charge in [0.2, 0.25) is 5.91 Å². The summed E-state index contributed by atoms with van der Waals surface area (Å²) in [5.74, 6) is -1.94. The Hall–Kier alpha value is -3.68. The average Bonchev–Trinajstić information content (AvgIpc) is 2.66. The second-order valence-electron chi connectivity index (χ2n) is 5.97. The van der Waals surface area contributed by atoms with Crippen LogP contribution in [0.25, 0.3) is 10.9 Å². The summed E-state index contributed by atoms with van der Waals surface area (Å²) in [5, 5.41) is 11.3. The summed E-state index contributed by atoms with van der Waals surface area (Å²) in [6.07, 6.45) is 0.0631. The van der Waals surface area contributed by atoms with Crippen molar-refractivity contribution in [3.8, 4) is 0 Å². The van der Waals surface area contributed by atoms with Gasteiger partial charge in [0.25, 0.3) is 5.56 Å². The Kier molecular flexibility index (Phi) is 5.16. The molecular weight excluding hydrogens is 350 g/mol. The number of benzene rings is 2. The first-order chi connectivity index (χ1) is 13.0. The molecule has 0 saturated carbocycles. The molecule has 8 heteroatoms. The largest absolute Gasteiger partial charge is 0.480 e. The van der Waals surface area contributed by atoms with Crippen LogP contribution < -0.4 is 16.6 Å². The first kappa shape index (κ1) is 18.1. The Labute approximate surface area is 153 Å². The maximum Gasteiger partial charge on any atom is 0.329 e.